The Labute approximate surface area is 163 Å². The normalized spacial score (nSPS) is 22.4. The van der Waals surface area contributed by atoms with Crippen LogP contribution in [0.15, 0.2) is 60.3 Å². The first kappa shape index (κ1) is 18.0. The molecular formula is C25H31N2+. The molecule has 2 aliphatic heterocycles. The first-order valence-electron chi connectivity index (χ1n) is 9.97. The molecule has 0 aromatic heterocycles. The summed E-state index contributed by atoms with van der Waals surface area (Å²) in [5, 5.41) is 2.68. The van der Waals surface area contributed by atoms with Gasteiger partial charge in [-0.25, -0.2) is 4.58 Å². The van der Waals surface area contributed by atoms with Crippen LogP contribution in [0.2, 0.25) is 0 Å². The fraction of sp³-hybridized carbons (Fsp3) is 0.400. The molecule has 2 aliphatic rings. The minimum atomic E-state index is -0.0168. The zero-order valence-corrected chi connectivity index (χ0v) is 17.5. The number of hydrogen-bond acceptors (Lipinski definition) is 1. The lowest BCUT2D eigenvalue weighted by Gasteiger charge is -2.24. The first-order chi connectivity index (χ1) is 12.7. The van der Waals surface area contributed by atoms with E-state index in [1.807, 2.05) is 0 Å². The molecule has 0 aliphatic carbocycles. The minimum Gasteiger partial charge on any atom is -0.347 e. The Hall–Kier alpha value is -2.35. The van der Waals surface area contributed by atoms with Crippen molar-refractivity contribution < 1.29 is 4.58 Å². The van der Waals surface area contributed by atoms with E-state index < -0.39 is 0 Å². The molecule has 0 atom stereocenters. The van der Waals surface area contributed by atoms with Crippen LogP contribution in [0.3, 0.4) is 0 Å². The van der Waals surface area contributed by atoms with Crippen LogP contribution < -0.4 is 4.90 Å². The van der Waals surface area contributed by atoms with Crippen LogP contribution in [0.5, 0.6) is 0 Å². The molecule has 0 fully saturated rings. The quantitative estimate of drug-likeness (QED) is 0.640. The third-order valence-electron chi connectivity index (χ3n) is 6.58. The predicted octanol–water partition coefficient (Wildman–Crippen LogP) is 5.52. The number of anilines is 1. The van der Waals surface area contributed by atoms with Crippen molar-refractivity contribution in [2.24, 2.45) is 5.41 Å². The fourth-order valence-corrected chi connectivity index (χ4v) is 4.99. The van der Waals surface area contributed by atoms with Crippen molar-refractivity contribution in [1.82, 2.24) is 0 Å². The second kappa shape index (κ2) is 6.09. The van der Waals surface area contributed by atoms with Gasteiger partial charge in [0.2, 0.25) is 0 Å². The molecular weight excluding hydrogens is 328 g/mol. The van der Waals surface area contributed by atoms with Gasteiger partial charge in [-0.3, -0.25) is 0 Å². The Kier molecular flexibility index (Phi) is 4.06. The Bertz CT molecular complexity index is 1000. The smallest absolute Gasteiger partial charge is 0.181 e. The van der Waals surface area contributed by atoms with Crippen LogP contribution in [-0.4, -0.2) is 30.9 Å². The molecule has 27 heavy (non-hydrogen) atoms. The Balaban J connectivity index is 1.77. The summed E-state index contributed by atoms with van der Waals surface area (Å²) in [7, 11) is 4.40. The van der Waals surface area contributed by atoms with Crippen LogP contribution in [-0.2, 0) is 5.41 Å². The van der Waals surface area contributed by atoms with E-state index in [1.165, 1.54) is 39.9 Å². The number of hydrogen-bond donors (Lipinski definition) is 0. The van der Waals surface area contributed by atoms with Gasteiger partial charge < -0.3 is 4.90 Å². The molecule has 0 spiro atoms. The maximum absolute atomic E-state index is 2.39. The van der Waals surface area contributed by atoms with Gasteiger partial charge in [0, 0.05) is 36.3 Å². The zero-order chi connectivity index (χ0) is 19.4. The molecule has 4 rings (SSSR count). The number of rotatable bonds is 2. The third-order valence-corrected chi connectivity index (χ3v) is 6.58. The highest BCUT2D eigenvalue weighted by Gasteiger charge is 2.40. The largest absolute Gasteiger partial charge is 0.347 e. The highest BCUT2D eigenvalue weighted by atomic mass is 15.2. The van der Waals surface area contributed by atoms with Gasteiger partial charge in [-0.15, -0.1) is 0 Å². The van der Waals surface area contributed by atoms with Crippen molar-refractivity contribution in [3.63, 3.8) is 0 Å². The summed E-state index contributed by atoms with van der Waals surface area (Å²) in [5.74, 6) is 0. The van der Waals surface area contributed by atoms with Gasteiger partial charge in [-0.05, 0) is 42.3 Å². The van der Waals surface area contributed by atoms with E-state index in [9.17, 15) is 0 Å². The predicted molar refractivity (Wildman–Crippen MR) is 117 cm³/mol. The molecule has 0 amide bonds. The lowest BCUT2D eigenvalue weighted by Crippen LogP contribution is -2.23. The summed E-state index contributed by atoms with van der Waals surface area (Å²) in [5.41, 5.74) is 5.79. The summed E-state index contributed by atoms with van der Waals surface area (Å²) in [6.07, 6.45) is 8.10. The van der Waals surface area contributed by atoms with E-state index in [4.69, 9.17) is 0 Å². The van der Waals surface area contributed by atoms with Gasteiger partial charge in [-0.2, -0.15) is 0 Å². The lowest BCUT2D eigenvalue weighted by atomic mass is 9.81. The number of allylic oxidation sites excluding steroid dienone is 4. The van der Waals surface area contributed by atoms with E-state index >= 15 is 0 Å². The molecule has 2 aromatic rings. The fourth-order valence-electron chi connectivity index (χ4n) is 4.99. The van der Waals surface area contributed by atoms with Crippen molar-refractivity contribution in [2.45, 2.75) is 39.5 Å². The minimum absolute atomic E-state index is 0.0168. The zero-order valence-electron chi connectivity index (χ0n) is 17.5. The molecule has 0 N–H and O–H groups in total. The van der Waals surface area contributed by atoms with E-state index in [-0.39, 0.29) is 10.8 Å². The molecule has 0 saturated heterocycles. The first-order valence-corrected chi connectivity index (χ1v) is 9.97. The summed E-state index contributed by atoms with van der Waals surface area (Å²) in [6.45, 7) is 10.5. The molecule has 0 radical (unpaired) electrons. The third kappa shape index (κ3) is 2.74. The van der Waals surface area contributed by atoms with Gasteiger partial charge in [0.25, 0.3) is 0 Å². The Morgan fingerprint density at radius 2 is 1.78 bits per heavy atom. The van der Waals surface area contributed by atoms with Crippen molar-refractivity contribution in [2.75, 3.05) is 25.5 Å². The van der Waals surface area contributed by atoms with E-state index in [0.717, 1.165) is 6.54 Å². The van der Waals surface area contributed by atoms with Gasteiger partial charge in [-0.1, -0.05) is 50.3 Å². The van der Waals surface area contributed by atoms with Crippen LogP contribution in [0, 0.1) is 5.41 Å². The van der Waals surface area contributed by atoms with Gasteiger partial charge >= 0.3 is 0 Å². The van der Waals surface area contributed by atoms with Crippen molar-refractivity contribution in [3.8, 4) is 0 Å². The molecule has 140 valence electrons. The van der Waals surface area contributed by atoms with Gasteiger partial charge in [0.15, 0.2) is 5.71 Å². The van der Waals surface area contributed by atoms with E-state index in [2.05, 4.69) is 106 Å². The Morgan fingerprint density at radius 1 is 1.04 bits per heavy atom. The van der Waals surface area contributed by atoms with Crippen molar-refractivity contribution in [1.29, 1.82) is 0 Å². The molecule has 2 aromatic carbocycles. The highest BCUT2D eigenvalue weighted by Crippen LogP contribution is 2.49. The maximum Gasteiger partial charge on any atom is 0.181 e. The van der Waals surface area contributed by atoms with Gasteiger partial charge in [0.1, 0.15) is 13.6 Å². The molecule has 0 unspecified atom stereocenters. The van der Waals surface area contributed by atoms with Gasteiger partial charge in [0.05, 0.1) is 5.41 Å². The molecule has 0 saturated carbocycles. The number of likely N-dealkylation sites (N-methyl/N-ethyl adjacent to an activating group) is 1. The Morgan fingerprint density at radius 3 is 2.48 bits per heavy atom. The average Bonchev–Trinajstić information content (AvgIpc) is 3.00. The number of nitrogens with zero attached hydrogens (tertiary/aromatic N) is 2. The molecule has 2 nitrogen and oxygen atoms in total. The summed E-state index contributed by atoms with van der Waals surface area (Å²) >= 11 is 0. The van der Waals surface area contributed by atoms with Crippen molar-refractivity contribution in [3.05, 3.63) is 65.9 Å². The lowest BCUT2D eigenvalue weighted by molar-refractivity contribution is -0.487. The van der Waals surface area contributed by atoms with Crippen LogP contribution >= 0.6 is 0 Å². The molecule has 2 heterocycles. The highest BCUT2D eigenvalue weighted by molar-refractivity contribution is 5.97. The van der Waals surface area contributed by atoms with E-state index in [0.29, 0.717) is 0 Å². The number of fused-ring (bicyclic) bond motifs is 3. The monoisotopic (exact) mass is 359 g/mol. The SMILES string of the molecule is CN1/C(=C/C=C/C2=[N+](C)CCC2(C)C)C(C)(C)c2c1ccc1ccccc21. The average molecular weight is 360 g/mol. The summed E-state index contributed by atoms with van der Waals surface area (Å²) < 4.78 is 2.39. The standard InChI is InChI=1S/C25H31N2/c1-24(2)16-17-26(5)21(24)12-9-13-22-25(3,4)23-19-11-8-7-10-18(19)14-15-20(23)27(22)6/h7-15H,16-17H2,1-6H3/q+1. The molecule has 2 heteroatoms. The second-order valence-corrected chi connectivity index (χ2v) is 9.22. The van der Waals surface area contributed by atoms with Crippen LogP contribution in [0.4, 0.5) is 5.69 Å². The second-order valence-electron chi connectivity index (χ2n) is 9.22. The topological polar surface area (TPSA) is 6.25 Å². The summed E-state index contributed by atoms with van der Waals surface area (Å²) in [4.78, 5) is 2.36. The molecule has 0 bridgehead atoms. The van der Waals surface area contributed by atoms with Crippen LogP contribution in [0.1, 0.15) is 39.7 Å². The van der Waals surface area contributed by atoms with Crippen molar-refractivity contribution >= 4 is 22.2 Å². The maximum atomic E-state index is 2.39. The van der Waals surface area contributed by atoms with Crippen LogP contribution in [0.25, 0.3) is 10.8 Å². The number of benzene rings is 2. The van der Waals surface area contributed by atoms with E-state index in [1.54, 1.807) is 0 Å². The summed E-state index contributed by atoms with van der Waals surface area (Å²) in [6, 6.07) is 13.3.